The first-order valence-corrected chi connectivity index (χ1v) is 7.66. The average molecular weight is 350 g/mol. The van der Waals surface area contributed by atoms with Crippen LogP contribution in [0.15, 0.2) is 42.5 Å². The first-order chi connectivity index (χ1) is 11.5. The number of esters is 1. The second kappa shape index (κ2) is 8.35. The van der Waals surface area contributed by atoms with E-state index in [-0.39, 0.29) is 23.8 Å². The number of benzene rings is 2. The summed E-state index contributed by atoms with van der Waals surface area (Å²) in [5.41, 5.74) is 1.14. The Morgan fingerprint density at radius 2 is 2.00 bits per heavy atom. The van der Waals surface area contributed by atoms with Gasteiger partial charge in [0, 0.05) is 17.8 Å². The third-order valence-corrected chi connectivity index (χ3v) is 3.33. The molecule has 2 aromatic rings. The quantitative estimate of drug-likeness (QED) is 0.637. The Morgan fingerprint density at radius 3 is 2.75 bits per heavy atom. The summed E-state index contributed by atoms with van der Waals surface area (Å²) in [5.74, 6) is -1.47. The van der Waals surface area contributed by atoms with Crippen LogP contribution >= 0.6 is 12.2 Å². The maximum atomic E-state index is 13.5. The SMILES string of the molecule is CCOC(=O)c1cccc(NC(=S)NCc2cc(F)ccc2F)c1. The highest BCUT2D eigenvalue weighted by molar-refractivity contribution is 7.80. The summed E-state index contributed by atoms with van der Waals surface area (Å²) < 4.78 is 31.6. The van der Waals surface area contributed by atoms with Crippen LogP contribution in [0.2, 0.25) is 0 Å². The van der Waals surface area contributed by atoms with Crippen LogP contribution in [0.1, 0.15) is 22.8 Å². The Hall–Kier alpha value is -2.54. The molecule has 2 rings (SSSR count). The van der Waals surface area contributed by atoms with Gasteiger partial charge >= 0.3 is 5.97 Å². The van der Waals surface area contributed by atoms with Gasteiger partial charge in [0.1, 0.15) is 11.6 Å². The minimum absolute atomic E-state index is 0.0347. The number of hydrogen-bond acceptors (Lipinski definition) is 3. The molecule has 0 fully saturated rings. The molecule has 2 aromatic carbocycles. The molecule has 2 N–H and O–H groups in total. The second-order valence-electron chi connectivity index (χ2n) is 4.84. The first-order valence-electron chi connectivity index (χ1n) is 7.25. The molecular weight excluding hydrogens is 334 g/mol. The highest BCUT2D eigenvalue weighted by atomic mass is 32.1. The van der Waals surface area contributed by atoms with E-state index in [4.69, 9.17) is 17.0 Å². The first kappa shape index (κ1) is 17.8. The van der Waals surface area contributed by atoms with Crippen molar-refractivity contribution in [2.75, 3.05) is 11.9 Å². The standard InChI is InChI=1S/C17H16F2N2O2S/c1-2-23-16(22)11-4-3-5-14(9-11)21-17(24)20-10-12-8-13(18)6-7-15(12)19/h3-9H,2,10H2,1H3,(H2,20,21,24). The lowest BCUT2D eigenvalue weighted by Gasteiger charge is -2.12. The van der Waals surface area contributed by atoms with Crippen LogP contribution in [0.3, 0.4) is 0 Å². The van der Waals surface area contributed by atoms with E-state index < -0.39 is 17.6 Å². The van der Waals surface area contributed by atoms with Gasteiger partial charge in [0.2, 0.25) is 0 Å². The molecule has 0 amide bonds. The van der Waals surface area contributed by atoms with Crippen LogP contribution < -0.4 is 10.6 Å². The van der Waals surface area contributed by atoms with Gasteiger partial charge in [-0.3, -0.25) is 0 Å². The summed E-state index contributed by atoms with van der Waals surface area (Å²) in [5, 5.41) is 5.89. The van der Waals surface area contributed by atoms with E-state index in [1.165, 1.54) is 0 Å². The summed E-state index contributed by atoms with van der Waals surface area (Å²) in [4.78, 5) is 11.7. The predicted molar refractivity (Wildman–Crippen MR) is 91.8 cm³/mol. The smallest absolute Gasteiger partial charge is 0.338 e. The summed E-state index contributed by atoms with van der Waals surface area (Å²) >= 11 is 5.12. The van der Waals surface area contributed by atoms with Gasteiger partial charge in [-0.1, -0.05) is 6.07 Å². The topological polar surface area (TPSA) is 50.4 Å². The Bertz CT molecular complexity index is 753. The molecule has 4 nitrogen and oxygen atoms in total. The highest BCUT2D eigenvalue weighted by Gasteiger charge is 2.08. The predicted octanol–water partition coefficient (Wildman–Crippen LogP) is 3.63. The zero-order chi connectivity index (χ0) is 17.5. The second-order valence-corrected chi connectivity index (χ2v) is 5.25. The molecule has 0 spiro atoms. The fourth-order valence-corrected chi connectivity index (χ4v) is 2.16. The van der Waals surface area contributed by atoms with Crippen LogP contribution in [0.4, 0.5) is 14.5 Å². The van der Waals surface area contributed by atoms with Gasteiger partial charge < -0.3 is 15.4 Å². The fraction of sp³-hybridized carbons (Fsp3) is 0.176. The molecule has 0 aliphatic heterocycles. The number of carbonyl (C=O) groups excluding carboxylic acids is 1. The van der Waals surface area contributed by atoms with Crippen molar-refractivity contribution in [2.45, 2.75) is 13.5 Å². The van der Waals surface area contributed by atoms with E-state index in [2.05, 4.69) is 10.6 Å². The minimum atomic E-state index is -0.519. The molecule has 0 bridgehead atoms. The molecule has 0 saturated heterocycles. The minimum Gasteiger partial charge on any atom is -0.462 e. The Morgan fingerprint density at radius 1 is 1.21 bits per heavy atom. The lowest BCUT2D eigenvalue weighted by Crippen LogP contribution is -2.28. The highest BCUT2D eigenvalue weighted by Crippen LogP contribution is 2.12. The number of nitrogens with one attached hydrogen (secondary N) is 2. The number of rotatable bonds is 5. The van der Waals surface area contributed by atoms with Crippen molar-refractivity contribution in [3.8, 4) is 0 Å². The van der Waals surface area contributed by atoms with Crippen molar-refractivity contribution >= 4 is 29.0 Å². The van der Waals surface area contributed by atoms with Gasteiger partial charge in [0.05, 0.1) is 12.2 Å². The van der Waals surface area contributed by atoms with E-state index in [0.29, 0.717) is 11.3 Å². The molecular formula is C17H16F2N2O2S. The molecule has 0 atom stereocenters. The fourth-order valence-electron chi connectivity index (χ4n) is 1.97. The number of anilines is 1. The molecule has 0 saturated carbocycles. The van der Waals surface area contributed by atoms with Crippen molar-refractivity contribution in [3.63, 3.8) is 0 Å². The van der Waals surface area contributed by atoms with Crippen molar-refractivity contribution in [2.24, 2.45) is 0 Å². The van der Waals surface area contributed by atoms with E-state index in [9.17, 15) is 13.6 Å². The van der Waals surface area contributed by atoms with Crippen molar-refractivity contribution in [3.05, 3.63) is 65.2 Å². The Kier molecular flexibility index (Phi) is 6.20. The van der Waals surface area contributed by atoms with Gasteiger partial charge in [0.15, 0.2) is 5.11 Å². The Balaban J connectivity index is 1.96. The van der Waals surface area contributed by atoms with Crippen LogP contribution in [0, 0.1) is 11.6 Å². The zero-order valence-corrected chi connectivity index (χ0v) is 13.8. The number of ether oxygens (including phenoxy) is 1. The number of thiocarbonyl (C=S) groups is 1. The summed E-state index contributed by atoms with van der Waals surface area (Å²) in [7, 11) is 0. The average Bonchev–Trinajstić information content (AvgIpc) is 2.56. The molecule has 0 radical (unpaired) electrons. The van der Waals surface area contributed by atoms with Crippen molar-refractivity contribution in [1.29, 1.82) is 0 Å². The van der Waals surface area contributed by atoms with Gasteiger partial charge in [-0.25, -0.2) is 13.6 Å². The molecule has 7 heteroatoms. The zero-order valence-electron chi connectivity index (χ0n) is 12.9. The molecule has 0 aliphatic carbocycles. The lowest BCUT2D eigenvalue weighted by molar-refractivity contribution is 0.0526. The number of halogens is 2. The summed E-state index contributed by atoms with van der Waals surface area (Å²) in [6.07, 6.45) is 0. The number of hydrogen-bond donors (Lipinski definition) is 2. The van der Waals surface area contributed by atoms with Gasteiger partial charge in [0.25, 0.3) is 0 Å². The third-order valence-electron chi connectivity index (χ3n) is 3.08. The number of carbonyl (C=O) groups is 1. The molecule has 24 heavy (non-hydrogen) atoms. The van der Waals surface area contributed by atoms with Crippen molar-refractivity contribution < 1.29 is 18.3 Å². The van der Waals surface area contributed by atoms with E-state index in [0.717, 1.165) is 18.2 Å². The summed E-state index contributed by atoms with van der Waals surface area (Å²) in [6.45, 7) is 2.05. The largest absolute Gasteiger partial charge is 0.462 e. The molecule has 126 valence electrons. The molecule has 0 unspecified atom stereocenters. The van der Waals surface area contributed by atoms with E-state index in [1.54, 1.807) is 31.2 Å². The van der Waals surface area contributed by atoms with Gasteiger partial charge in [-0.15, -0.1) is 0 Å². The molecule has 0 heterocycles. The van der Waals surface area contributed by atoms with Crippen molar-refractivity contribution in [1.82, 2.24) is 5.32 Å². The summed E-state index contributed by atoms with van der Waals surface area (Å²) in [6, 6.07) is 9.84. The van der Waals surface area contributed by atoms with Crippen LogP contribution in [-0.2, 0) is 11.3 Å². The monoisotopic (exact) mass is 350 g/mol. The van der Waals surface area contributed by atoms with Gasteiger partial charge in [-0.05, 0) is 55.5 Å². The van der Waals surface area contributed by atoms with Gasteiger partial charge in [-0.2, -0.15) is 0 Å². The van der Waals surface area contributed by atoms with E-state index >= 15 is 0 Å². The van der Waals surface area contributed by atoms with Crippen LogP contribution in [-0.4, -0.2) is 17.7 Å². The van der Waals surface area contributed by atoms with E-state index in [1.807, 2.05) is 0 Å². The van der Waals surface area contributed by atoms with Crippen LogP contribution in [0.5, 0.6) is 0 Å². The van der Waals surface area contributed by atoms with Crippen LogP contribution in [0.25, 0.3) is 0 Å². The maximum Gasteiger partial charge on any atom is 0.338 e. The lowest BCUT2D eigenvalue weighted by atomic mass is 10.2. The molecule has 0 aliphatic rings. The normalized spacial score (nSPS) is 10.1. The maximum absolute atomic E-state index is 13.5. The Labute approximate surface area is 143 Å². The molecule has 0 aromatic heterocycles. The third kappa shape index (κ3) is 4.99.